The molecule has 0 radical (unpaired) electrons. The summed E-state index contributed by atoms with van der Waals surface area (Å²) in [7, 11) is 0. The van der Waals surface area contributed by atoms with E-state index >= 15 is 0 Å². The summed E-state index contributed by atoms with van der Waals surface area (Å²) in [4.78, 5) is 19.3. The molecule has 0 aliphatic carbocycles. The number of hydrogen-bond acceptors (Lipinski definition) is 3. The van der Waals surface area contributed by atoms with Crippen LogP contribution >= 0.6 is 0 Å². The number of carbonyl (C=O) groups is 1. The maximum atomic E-state index is 12.5. The van der Waals surface area contributed by atoms with Gasteiger partial charge in [0.2, 0.25) is 0 Å². The van der Waals surface area contributed by atoms with Crippen LogP contribution in [0.1, 0.15) is 27.9 Å². The van der Waals surface area contributed by atoms with E-state index in [0.29, 0.717) is 11.1 Å². The van der Waals surface area contributed by atoms with Crippen LogP contribution in [0, 0.1) is 0 Å². The largest absolute Gasteiger partial charge is 0.326 e. The standard InChI is InChI=1S/C21H18N2O/c24-21(17-8-2-1-3-9-17)18-12-13-20(22-15-18)23-14-6-10-16-7-4-5-11-19(16)23/h1-5,7-9,11-13,15H,6,10,14H2. The Morgan fingerprint density at radius 1 is 0.875 bits per heavy atom. The van der Waals surface area contributed by atoms with Crippen LogP contribution < -0.4 is 4.90 Å². The fourth-order valence-electron chi connectivity index (χ4n) is 3.21. The fraction of sp³-hybridized carbons (Fsp3) is 0.143. The minimum atomic E-state index is 0.00805. The monoisotopic (exact) mass is 314 g/mol. The number of aryl methyl sites for hydroxylation is 1. The van der Waals surface area contributed by atoms with Crippen LogP contribution in [-0.2, 0) is 6.42 Å². The normalized spacial score (nSPS) is 13.4. The van der Waals surface area contributed by atoms with Crippen molar-refractivity contribution in [3.63, 3.8) is 0 Å². The second kappa shape index (κ2) is 6.28. The van der Waals surface area contributed by atoms with Gasteiger partial charge in [-0.1, -0.05) is 48.5 Å². The van der Waals surface area contributed by atoms with E-state index in [1.807, 2.05) is 42.5 Å². The van der Waals surface area contributed by atoms with Crippen LogP contribution in [0.2, 0.25) is 0 Å². The lowest BCUT2D eigenvalue weighted by Gasteiger charge is -2.30. The van der Waals surface area contributed by atoms with Gasteiger partial charge in [-0.3, -0.25) is 4.79 Å². The van der Waals surface area contributed by atoms with Crippen molar-refractivity contribution in [1.82, 2.24) is 4.98 Å². The van der Waals surface area contributed by atoms with Gasteiger partial charge in [-0.25, -0.2) is 4.98 Å². The molecule has 0 bridgehead atoms. The van der Waals surface area contributed by atoms with Gasteiger partial charge in [-0.05, 0) is 36.6 Å². The Bertz CT molecular complexity index is 857. The number of para-hydroxylation sites is 1. The zero-order chi connectivity index (χ0) is 16.4. The summed E-state index contributed by atoms with van der Waals surface area (Å²) >= 11 is 0. The van der Waals surface area contributed by atoms with Crippen LogP contribution in [0.5, 0.6) is 0 Å². The number of carbonyl (C=O) groups excluding carboxylic acids is 1. The van der Waals surface area contributed by atoms with E-state index in [-0.39, 0.29) is 5.78 Å². The quantitative estimate of drug-likeness (QED) is 0.672. The number of aromatic nitrogens is 1. The number of fused-ring (bicyclic) bond motifs is 1. The molecule has 118 valence electrons. The molecule has 0 atom stereocenters. The molecule has 2 aromatic carbocycles. The lowest BCUT2D eigenvalue weighted by Crippen LogP contribution is -2.25. The molecule has 1 aliphatic rings. The first-order valence-corrected chi connectivity index (χ1v) is 8.24. The van der Waals surface area contributed by atoms with Gasteiger partial charge in [0.1, 0.15) is 5.82 Å². The third-order valence-corrected chi connectivity index (χ3v) is 4.43. The van der Waals surface area contributed by atoms with Crippen molar-refractivity contribution in [2.75, 3.05) is 11.4 Å². The topological polar surface area (TPSA) is 33.2 Å². The van der Waals surface area contributed by atoms with Crippen LogP contribution in [0.15, 0.2) is 72.9 Å². The summed E-state index contributed by atoms with van der Waals surface area (Å²) in [6.45, 7) is 0.954. The van der Waals surface area contributed by atoms with Gasteiger partial charge in [0.25, 0.3) is 0 Å². The van der Waals surface area contributed by atoms with Gasteiger partial charge < -0.3 is 4.90 Å². The molecule has 0 N–H and O–H groups in total. The van der Waals surface area contributed by atoms with Gasteiger partial charge >= 0.3 is 0 Å². The Labute approximate surface area is 141 Å². The first-order chi connectivity index (χ1) is 11.8. The molecule has 0 saturated heterocycles. The third-order valence-electron chi connectivity index (χ3n) is 4.43. The number of benzene rings is 2. The van der Waals surface area contributed by atoms with Crippen molar-refractivity contribution in [1.29, 1.82) is 0 Å². The number of ketones is 1. The van der Waals surface area contributed by atoms with Gasteiger partial charge in [0, 0.05) is 29.6 Å². The number of nitrogens with zero attached hydrogens (tertiary/aromatic N) is 2. The maximum absolute atomic E-state index is 12.5. The molecule has 0 unspecified atom stereocenters. The average molecular weight is 314 g/mol. The van der Waals surface area contributed by atoms with Crippen molar-refractivity contribution in [2.24, 2.45) is 0 Å². The van der Waals surface area contributed by atoms with Gasteiger partial charge in [-0.15, -0.1) is 0 Å². The molecule has 2 heterocycles. The zero-order valence-electron chi connectivity index (χ0n) is 13.4. The molecule has 3 nitrogen and oxygen atoms in total. The molecule has 24 heavy (non-hydrogen) atoms. The molecule has 0 fully saturated rings. The molecular weight excluding hydrogens is 296 g/mol. The van der Waals surface area contributed by atoms with Crippen LogP contribution in [0.4, 0.5) is 11.5 Å². The first kappa shape index (κ1) is 14.6. The number of pyridine rings is 1. The van der Waals surface area contributed by atoms with Crippen molar-refractivity contribution < 1.29 is 4.79 Å². The second-order valence-corrected chi connectivity index (χ2v) is 5.98. The van der Waals surface area contributed by atoms with Gasteiger partial charge in [-0.2, -0.15) is 0 Å². The predicted molar refractivity (Wildman–Crippen MR) is 95.9 cm³/mol. The SMILES string of the molecule is O=C(c1ccccc1)c1ccc(N2CCCc3ccccc32)nc1. The molecule has 3 heteroatoms. The van der Waals surface area contributed by atoms with E-state index in [1.165, 1.54) is 11.3 Å². The fourth-order valence-corrected chi connectivity index (χ4v) is 3.21. The highest BCUT2D eigenvalue weighted by Gasteiger charge is 2.19. The van der Waals surface area contributed by atoms with E-state index < -0.39 is 0 Å². The van der Waals surface area contributed by atoms with Crippen molar-refractivity contribution in [2.45, 2.75) is 12.8 Å². The highest BCUT2D eigenvalue weighted by Crippen LogP contribution is 2.32. The Kier molecular flexibility index (Phi) is 3.83. The summed E-state index contributed by atoms with van der Waals surface area (Å²) in [6.07, 6.45) is 3.91. The van der Waals surface area contributed by atoms with Gasteiger partial charge in [0.05, 0.1) is 0 Å². The maximum Gasteiger partial charge on any atom is 0.194 e. The Morgan fingerprint density at radius 2 is 1.67 bits per heavy atom. The average Bonchev–Trinajstić information content (AvgIpc) is 2.68. The first-order valence-electron chi connectivity index (χ1n) is 8.24. The third kappa shape index (κ3) is 2.69. The number of anilines is 2. The highest BCUT2D eigenvalue weighted by molar-refractivity contribution is 6.08. The molecule has 3 aromatic rings. The molecule has 1 aliphatic heterocycles. The van der Waals surface area contributed by atoms with E-state index in [0.717, 1.165) is 25.2 Å². The van der Waals surface area contributed by atoms with E-state index in [4.69, 9.17) is 0 Å². The summed E-state index contributed by atoms with van der Waals surface area (Å²) < 4.78 is 0. The zero-order valence-corrected chi connectivity index (χ0v) is 13.4. The minimum absolute atomic E-state index is 0.00805. The highest BCUT2D eigenvalue weighted by atomic mass is 16.1. The van der Waals surface area contributed by atoms with Crippen molar-refractivity contribution in [3.05, 3.63) is 89.6 Å². The summed E-state index contributed by atoms with van der Waals surface area (Å²) in [5, 5.41) is 0. The van der Waals surface area contributed by atoms with Crippen molar-refractivity contribution in [3.8, 4) is 0 Å². The lowest BCUT2D eigenvalue weighted by atomic mass is 10.0. The summed E-state index contributed by atoms with van der Waals surface area (Å²) in [5.74, 6) is 0.903. The lowest BCUT2D eigenvalue weighted by molar-refractivity contribution is 0.103. The Balaban J connectivity index is 1.62. The Hall–Kier alpha value is -2.94. The van der Waals surface area contributed by atoms with E-state index in [9.17, 15) is 4.79 Å². The van der Waals surface area contributed by atoms with Crippen LogP contribution in [0.3, 0.4) is 0 Å². The van der Waals surface area contributed by atoms with Crippen LogP contribution in [0.25, 0.3) is 0 Å². The second-order valence-electron chi connectivity index (χ2n) is 5.98. The Morgan fingerprint density at radius 3 is 2.46 bits per heavy atom. The summed E-state index contributed by atoms with van der Waals surface area (Å²) in [6, 6.07) is 21.6. The molecule has 0 spiro atoms. The van der Waals surface area contributed by atoms with Gasteiger partial charge in [0.15, 0.2) is 5.78 Å². The van der Waals surface area contributed by atoms with Crippen LogP contribution in [-0.4, -0.2) is 17.3 Å². The predicted octanol–water partition coefficient (Wildman–Crippen LogP) is 4.40. The minimum Gasteiger partial charge on any atom is -0.326 e. The molecular formula is C21H18N2O. The molecule has 1 aromatic heterocycles. The van der Waals surface area contributed by atoms with E-state index in [1.54, 1.807) is 6.20 Å². The number of hydrogen-bond donors (Lipinski definition) is 0. The number of rotatable bonds is 3. The molecule has 4 rings (SSSR count). The molecule has 0 saturated carbocycles. The smallest absolute Gasteiger partial charge is 0.194 e. The summed E-state index contributed by atoms with van der Waals surface area (Å²) in [5.41, 5.74) is 3.89. The van der Waals surface area contributed by atoms with E-state index in [2.05, 4.69) is 34.1 Å². The van der Waals surface area contributed by atoms with Crippen molar-refractivity contribution >= 4 is 17.3 Å². The molecule has 0 amide bonds.